The van der Waals surface area contributed by atoms with Crippen molar-refractivity contribution in [1.29, 1.82) is 0 Å². The quantitative estimate of drug-likeness (QED) is 0.694. The zero-order valence-electron chi connectivity index (χ0n) is 16.0. The number of carbonyl (C=O) groups excluding carboxylic acids is 1. The molecule has 29 heavy (non-hydrogen) atoms. The van der Waals surface area contributed by atoms with Gasteiger partial charge in [-0.15, -0.1) is 0 Å². The van der Waals surface area contributed by atoms with Gasteiger partial charge in [0.1, 0.15) is 30.8 Å². The van der Waals surface area contributed by atoms with Crippen molar-refractivity contribution < 1.29 is 19.0 Å². The number of benzene rings is 2. The third-order valence-electron chi connectivity index (χ3n) is 4.68. The molecule has 2 heterocycles. The number of ether oxygens (including phenoxy) is 3. The number of amides is 1. The Labute approximate surface area is 173 Å². The molecule has 1 aliphatic rings. The molecule has 0 saturated heterocycles. The van der Waals surface area contributed by atoms with Crippen LogP contribution in [0.4, 0.5) is 0 Å². The number of aryl methyl sites for hydroxylation is 1. The average molecular weight is 414 g/mol. The number of methoxy groups -OCH3 is 1. The van der Waals surface area contributed by atoms with Crippen LogP contribution in [0.3, 0.4) is 0 Å². The Bertz CT molecular complexity index is 1050. The van der Waals surface area contributed by atoms with Crippen molar-refractivity contribution in [3.05, 3.63) is 70.8 Å². The van der Waals surface area contributed by atoms with E-state index in [4.69, 9.17) is 25.8 Å². The molecular weight excluding hydrogens is 394 g/mol. The summed E-state index contributed by atoms with van der Waals surface area (Å²) in [6.45, 7) is 0.837. The van der Waals surface area contributed by atoms with Gasteiger partial charge in [-0.05, 0) is 29.8 Å². The number of hydrogen-bond acceptors (Lipinski definition) is 5. The lowest BCUT2D eigenvalue weighted by molar-refractivity contribution is 0.0940. The van der Waals surface area contributed by atoms with Crippen molar-refractivity contribution in [2.45, 2.75) is 6.04 Å². The Morgan fingerprint density at radius 2 is 2.10 bits per heavy atom. The van der Waals surface area contributed by atoms with Gasteiger partial charge >= 0.3 is 0 Å². The first-order valence-corrected chi connectivity index (χ1v) is 9.46. The Morgan fingerprint density at radius 3 is 2.86 bits per heavy atom. The van der Waals surface area contributed by atoms with Gasteiger partial charge in [-0.25, -0.2) is 4.98 Å². The molecule has 2 aromatic carbocycles. The van der Waals surface area contributed by atoms with Crippen LogP contribution in [-0.4, -0.2) is 35.8 Å². The summed E-state index contributed by atoms with van der Waals surface area (Å²) in [6.07, 6.45) is 3.52. The first kappa shape index (κ1) is 19.1. The molecule has 1 atom stereocenters. The maximum atomic E-state index is 13.1. The van der Waals surface area contributed by atoms with Gasteiger partial charge in [0, 0.05) is 25.0 Å². The van der Waals surface area contributed by atoms with Crippen LogP contribution in [0.25, 0.3) is 0 Å². The third kappa shape index (κ3) is 3.86. The Morgan fingerprint density at radius 1 is 1.28 bits per heavy atom. The summed E-state index contributed by atoms with van der Waals surface area (Å²) in [5, 5.41) is 3.38. The fraction of sp³-hybridized carbons (Fsp3) is 0.238. The Balaban J connectivity index is 1.68. The smallest absolute Gasteiger partial charge is 0.252 e. The Kier molecular flexibility index (Phi) is 5.31. The summed E-state index contributed by atoms with van der Waals surface area (Å²) < 4.78 is 18.3. The Hall–Kier alpha value is -3.19. The summed E-state index contributed by atoms with van der Waals surface area (Å²) in [4.78, 5) is 17.5. The number of rotatable bonds is 5. The highest BCUT2D eigenvalue weighted by atomic mass is 35.5. The molecule has 4 rings (SSSR count). The van der Waals surface area contributed by atoms with Gasteiger partial charge < -0.3 is 24.1 Å². The van der Waals surface area contributed by atoms with Crippen LogP contribution in [0.15, 0.2) is 48.8 Å². The van der Waals surface area contributed by atoms with E-state index < -0.39 is 6.04 Å². The van der Waals surface area contributed by atoms with Gasteiger partial charge in [-0.3, -0.25) is 4.79 Å². The van der Waals surface area contributed by atoms with Crippen LogP contribution in [-0.2, 0) is 7.05 Å². The fourth-order valence-corrected chi connectivity index (χ4v) is 3.49. The summed E-state index contributed by atoms with van der Waals surface area (Å²) in [5.41, 5.74) is 1.22. The summed E-state index contributed by atoms with van der Waals surface area (Å²) in [7, 11) is 3.48. The number of nitrogens with one attached hydrogen (secondary N) is 1. The molecule has 0 aliphatic carbocycles. The monoisotopic (exact) mass is 413 g/mol. The van der Waals surface area contributed by atoms with Crippen molar-refractivity contribution in [2.24, 2.45) is 7.05 Å². The van der Waals surface area contributed by atoms with Crippen molar-refractivity contribution in [3.63, 3.8) is 0 Å². The van der Waals surface area contributed by atoms with E-state index in [1.54, 1.807) is 25.4 Å². The molecule has 0 saturated carbocycles. The van der Waals surface area contributed by atoms with E-state index >= 15 is 0 Å². The molecule has 1 unspecified atom stereocenters. The maximum Gasteiger partial charge on any atom is 0.252 e. The van der Waals surface area contributed by atoms with Crippen LogP contribution in [0.2, 0.25) is 5.02 Å². The van der Waals surface area contributed by atoms with E-state index in [-0.39, 0.29) is 5.91 Å². The third-order valence-corrected chi connectivity index (χ3v) is 4.96. The largest absolute Gasteiger partial charge is 0.497 e. The number of halogens is 1. The molecular formula is C21H20ClN3O4. The van der Waals surface area contributed by atoms with Crippen molar-refractivity contribution in [3.8, 4) is 17.2 Å². The minimum atomic E-state index is -0.482. The normalized spacial score (nSPS) is 13.6. The van der Waals surface area contributed by atoms with Crippen LogP contribution in [0.5, 0.6) is 17.2 Å². The molecule has 3 aromatic rings. The molecule has 7 nitrogen and oxygen atoms in total. The van der Waals surface area contributed by atoms with Crippen molar-refractivity contribution in [2.75, 3.05) is 20.3 Å². The lowest BCUT2D eigenvalue weighted by Crippen LogP contribution is -2.31. The van der Waals surface area contributed by atoms with Gasteiger partial charge in [0.15, 0.2) is 11.5 Å². The van der Waals surface area contributed by atoms with E-state index in [1.165, 1.54) is 0 Å². The number of carbonyl (C=O) groups is 1. The second kappa shape index (κ2) is 8.05. The molecule has 0 bridgehead atoms. The number of fused-ring (bicyclic) bond motifs is 1. The number of aromatic nitrogens is 2. The maximum absolute atomic E-state index is 13.1. The number of imidazole rings is 1. The molecule has 1 aliphatic heterocycles. The first-order valence-electron chi connectivity index (χ1n) is 9.08. The zero-order chi connectivity index (χ0) is 20.4. The zero-order valence-corrected chi connectivity index (χ0v) is 16.8. The minimum Gasteiger partial charge on any atom is -0.497 e. The molecule has 1 amide bonds. The van der Waals surface area contributed by atoms with Gasteiger partial charge in [0.2, 0.25) is 0 Å². The fourth-order valence-electron chi connectivity index (χ4n) is 3.23. The van der Waals surface area contributed by atoms with Gasteiger partial charge in [0.05, 0.1) is 12.1 Å². The molecule has 1 aromatic heterocycles. The molecule has 150 valence electrons. The molecule has 0 fully saturated rings. The van der Waals surface area contributed by atoms with Gasteiger partial charge in [-0.1, -0.05) is 23.7 Å². The van der Waals surface area contributed by atoms with E-state index in [9.17, 15) is 4.79 Å². The highest BCUT2D eigenvalue weighted by Crippen LogP contribution is 2.38. The topological polar surface area (TPSA) is 74.6 Å². The van der Waals surface area contributed by atoms with Crippen LogP contribution < -0.4 is 19.5 Å². The van der Waals surface area contributed by atoms with E-state index in [0.29, 0.717) is 46.9 Å². The van der Waals surface area contributed by atoms with E-state index in [2.05, 4.69) is 10.3 Å². The second-order valence-electron chi connectivity index (χ2n) is 6.56. The molecule has 1 N–H and O–H groups in total. The highest BCUT2D eigenvalue weighted by molar-refractivity contribution is 6.32. The number of hydrogen-bond donors (Lipinski definition) is 1. The van der Waals surface area contributed by atoms with Gasteiger partial charge in [0.25, 0.3) is 5.91 Å². The van der Waals surface area contributed by atoms with E-state index in [0.717, 1.165) is 5.56 Å². The van der Waals surface area contributed by atoms with Crippen molar-refractivity contribution >= 4 is 17.5 Å². The summed E-state index contributed by atoms with van der Waals surface area (Å²) >= 11 is 6.29. The lowest BCUT2D eigenvalue weighted by Gasteiger charge is -2.22. The van der Waals surface area contributed by atoms with Crippen LogP contribution in [0.1, 0.15) is 27.8 Å². The molecule has 0 radical (unpaired) electrons. The predicted molar refractivity (Wildman–Crippen MR) is 108 cm³/mol. The van der Waals surface area contributed by atoms with Crippen LogP contribution >= 0.6 is 11.6 Å². The van der Waals surface area contributed by atoms with Crippen molar-refractivity contribution in [1.82, 2.24) is 14.9 Å². The number of nitrogens with zero attached hydrogens (tertiary/aromatic N) is 2. The first-order chi connectivity index (χ1) is 14.1. The standard InChI is InChI=1S/C21H20ClN3O4/c1-25-7-6-23-20(25)18(13-4-3-5-15(10-13)27-2)24-21(26)14-11-16(22)19-17(12-14)28-8-9-29-19/h3-7,10-12,18H,8-9H2,1-2H3,(H,24,26). The van der Waals surface area contributed by atoms with E-state index in [1.807, 2.05) is 42.1 Å². The SMILES string of the molecule is COc1cccc(C(NC(=O)c2cc(Cl)c3c(c2)OCCO3)c2nccn2C)c1. The predicted octanol–water partition coefficient (Wildman–Crippen LogP) is 3.37. The summed E-state index contributed by atoms with van der Waals surface area (Å²) in [6, 6.07) is 10.2. The lowest BCUT2D eigenvalue weighted by atomic mass is 10.0. The van der Waals surface area contributed by atoms with Gasteiger partial charge in [-0.2, -0.15) is 0 Å². The average Bonchev–Trinajstić information content (AvgIpc) is 3.17. The molecule has 8 heteroatoms. The highest BCUT2D eigenvalue weighted by Gasteiger charge is 2.24. The molecule has 0 spiro atoms. The second-order valence-corrected chi connectivity index (χ2v) is 6.97. The summed E-state index contributed by atoms with van der Waals surface area (Å²) in [5.74, 6) is 2.00. The van der Waals surface area contributed by atoms with Crippen LogP contribution in [0, 0.1) is 0 Å². The minimum absolute atomic E-state index is 0.306.